The van der Waals surface area contributed by atoms with E-state index in [4.69, 9.17) is 12.2 Å². The molecule has 0 aliphatic carbocycles. The average molecular weight is 426 g/mol. The van der Waals surface area contributed by atoms with Crippen LogP contribution in [0.25, 0.3) is 0 Å². The molecule has 3 aromatic rings. The number of hydrogen-bond donors (Lipinski definition) is 2. The van der Waals surface area contributed by atoms with E-state index in [0.29, 0.717) is 16.5 Å². The number of thiocarbonyl (C=S) groups is 1. The number of nitrogens with zero attached hydrogens (tertiary/aromatic N) is 1. The summed E-state index contributed by atoms with van der Waals surface area (Å²) in [7, 11) is -2.15. The van der Waals surface area contributed by atoms with Crippen LogP contribution in [0.4, 0.5) is 17.1 Å². The Labute approximate surface area is 177 Å². The van der Waals surface area contributed by atoms with Gasteiger partial charge in [0.2, 0.25) is 0 Å². The van der Waals surface area contributed by atoms with Gasteiger partial charge in [-0.3, -0.25) is 4.31 Å². The lowest BCUT2D eigenvalue weighted by molar-refractivity contribution is 0.594. The number of hydrogen-bond acceptors (Lipinski definition) is 3. The molecule has 0 radical (unpaired) electrons. The van der Waals surface area contributed by atoms with Crippen LogP contribution in [0, 0.1) is 13.8 Å². The summed E-state index contributed by atoms with van der Waals surface area (Å²) in [5, 5.41) is 6.57. The van der Waals surface area contributed by atoms with Crippen molar-refractivity contribution < 1.29 is 8.42 Å². The van der Waals surface area contributed by atoms with Crippen molar-refractivity contribution in [1.82, 2.24) is 0 Å². The van der Waals surface area contributed by atoms with Gasteiger partial charge in [0.05, 0.1) is 10.6 Å². The number of anilines is 3. The first-order valence-electron chi connectivity index (χ1n) is 9.07. The number of nitrogens with one attached hydrogen (secondary N) is 2. The molecule has 3 aromatic carbocycles. The van der Waals surface area contributed by atoms with E-state index in [-0.39, 0.29) is 4.90 Å². The monoisotopic (exact) mass is 425 g/mol. The van der Waals surface area contributed by atoms with Crippen LogP contribution in [0.1, 0.15) is 11.1 Å². The Morgan fingerprint density at radius 1 is 0.828 bits per heavy atom. The molecule has 0 saturated heterocycles. The minimum absolute atomic E-state index is 0.183. The second-order valence-electron chi connectivity index (χ2n) is 6.71. The molecule has 0 aliphatic heterocycles. The van der Waals surface area contributed by atoms with Crippen LogP contribution in [0.2, 0.25) is 0 Å². The maximum atomic E-state index is 13.0. The molecule has 0 aromatic heterocycles. The first-order chi connectivity index (χ1) is 13.8. The maximum absolute atomic E-state index is 13.0. The van der Waals surface area contributed by atoms with Crippen LogP contribution < -0.4 is 14.9 Å². The van der Waals surface area contributed by atoms with E-state index in [1.54, 1.807) is 48.5 Å². The van der Waals surface area contributed by atoms with Crippen molar-refractivity contribution in [2.75, 3.05) is 22.0 Å². The third-order valence-electron chi connectivity index (χ3n) is 4.63. The van der Waals surface area contributed by atoms with E-state index in [1.165, 1.54) is 16.9 Å². The van der Waals surface area contributed by atoms with Crippen molar-refractivity contribution in [2.24, 2.45) is 0 Å². The summed E-state index contributed by atoms with van der Waals surface area (Å²) < 4.78 is 27.2. The third kappa shape index (κ3) is 4.93. The molecule has 0 saturated carbocycles. The SMILES string of the molecule is Cc1ccc(NC(=S)Nc2cccc(S(=O)(=O)N(C)c3ccccc3)c2)cc1C. The predicted molar refractivity (Wildman–Crippen MR) is 124 cm³/mol. The fourth-order valence-electron chi connectivity index (χ4n) is 2.78. The molecule has 0 bridgehead atoms. The minimum atomic E-state index is -3.69. The van der Waals surface area contributed by atoms with Crippen molar-refractivity contribution in [3.63, 3.8) is 0 Å². The van der Waals surface area contributed by atoms with Crippen molar-refractivity contribution >= 4 is 44.4 Å². The van der Waals surface area contributed by atoms with Gasteiger partial charge in [-0.1, -0.05) is 30.3 Å². The van der Waals surface area contributed by atoms with Gasteiger partial charge in [-0.25, -0.2) is 8.42 Å². The quantitative estimate of drug-likeness (QED) is 0.567. The summed E-state index contributed by atoms with van der Waals surface area (Å²) >= 11 is 5.38. The molecule has 2 N–H and O–H groups in total. The van der Waals surface area contributed by atoms with Gasteiger partial charge < -0.3 is 10.6 Å². The second-order valence-corrected chi connectivity index (χ2v) is 9.09. The van der Waals surface area contributed by atoms with Crippen LogP contribution in [0.3, 0.4) is 0 Å². The average Bonchev–Trinajstić information content (AvgIpc) is 2.71. The first-order valence-corrected chi connectivity index (χ1v) is 10.9. The lowest BCUT2D eigenvalue weighted by Gasteiger charge is -2.20. The Morgan fingerprint density at radius 2 is 1.48 bits per heavy atom. The summed E-state index contributed by atoms with van der Waals surface area (Å²) in [4.78, 5) is 0.183. The van der Waals surface area contributed by atoms with Crippen molar-refractivity contribution in [3.05, 3.63) is 83.9 Å². The van der Waals surface area contributed by atoms with E-state index < -0.39 is 10.0 Å². The van der Waals surface area contributed by atoms with Gasteiger partial charge in [0.25, 0.3) is 10.0 Å². The van der Waals surface area contributed by atoms with Crippen molar-refractivity contribution in [2.45, 2.75) is 18.7 Å². The molecule has 5 nitrogen and oxygen atoms in total. The van der Waals surface area contributed by atoms with E-state index in [2.05, 4.69) is 10.6 Å². The highest BCUT2D eigenvalue weighted by atomic mass is 32.2. The Hall–Kier alpha value is -2.90. The summed E-state index contributed by atoms with van der Waals surface area (Å²) in [6, 6.07) is 21.5. The molecule has 0 amide bonds. The van der Waals surface area contributed by atoms with Gasteiger partial charge in [0, 0.05) is 18.4 Å². The minimum Gasteiger partial charge on any atom is -0.332 e. The highest BCUT2D eigenvalue weighted by Crippen LogP contribution is 2.24. The maximum Gasteiger partial charge on any atom is 0.264 e. The molecule has 7 heteroatoms. The zero-order valence-corrected chi connectivity index (χ0v) is 18.1. The van der Waals surface area contributed by atoms with Crippen molar-refractivity contribution in [3.8, 4) is 0 Å². The number of aryl methyl sites for hydroxylation is 2. The molecule has 150 valence electrons. The highest BCUT2D eigenvalue weighted by Gasteiger charge is 2.21. The third-order valence-corrected chi connectivity index (χ3v) is 6.62. The van der Waals surface area contributed by atoms with Gasteiger partial charge in [-0.2, -0.15) is 0 Å². The largest absolute Gasteiger partial charge is 0.332 e. The van der Waals surface area contributed by atoms with E-state index in [1.807, 2.05) is 38.1 Å². The van der Waals surface area contributed by atoms with Crippen LogP contribution in [0.5, 0.6) is 0 Å². The van der Waals surface area contributed by atoms with Gasteiger partial charge in [0.1, 0.15) is 0 Å². The molecule has 0 atom stereocenters. The smallest absolute Gasteiger partial charge is 0.264 e. The van der Waals surface area contributed by atoms with Gasteiger partial charge in [-0.15, -0.1) is 0 Å². The summed E-state index contributed by atoms with van der Waals surface area (Å²) in [6.45, 7) is 4.09. The molecule has 0 heterocycles. The van der Waals surface area contributed by atoms with Gasteiger partial charge in [0.15, 0.2) is 5.11 Å². The predicted octanol–water partition coefficient (Wildman–Crippen LogP) is 4.94. The molecular formula is C22H23N3O2S2. The lowest BCUT2D eigenvalue weighted by Crippen LogP contribution is -2.26. The van der Waals surface area contributed by atoms with Gasteiger partial charge >= 0.3 is 0 Å². The summed E-state index contributed by atoms with van der Waals surface area (Å²) in [6.07, 6.45) is 0. The standard InChI is InChI=1S/C22H23N3O2S2/c1-16-12-13-19(14-17(16)2)24-22(28)23-18-8-7-11-21(15-18)29(26,27)25(3)20-9-5-4-6-10-20/h4-15H,1-3H3,(H2,23,24,28). The molecule has 3 rings (SSSR count). The molecular weight excluding hydrogens is 402 g/mol. The topological polar surface area (TPSA) is 61.4 Å². The number of rotatable bonds is 5. The zero-order chi connectivity index (χ0) is 21.0. The van der Waals surface area contributed by atoms with Crippen LogP contribution in [-0.4, -0.2) is 20.6 Å². The highest BCUT2D eigenvalue weighted by molar-refractivity contribution is 7.92. The second kappa shape index (κ2) is 8.63. The Bertz CT molecular complexity index is 1130. The van der Waals surface area contributed by atoms with E-state index >= 15 is 0 Å². The van der Waals surface area contributed by atoms with Crippen molar-refractivity contribution in [1.29, 1.82) is 0 Å². The molecule has 29 heavy (non-hydrogen) atoms. The number of para-hydroxylation sites is 1. The molecule has 0 unspecified atom stereocenters. The molecule has 0 fully saturated rings. The Balaban J connectivity index is 1.76. The lowest BCUT2D eigenvalue weighted by atomic mass is 10.1. The number of benzene rings is 3. The first kappa shape index (κ1) is 20.8. The van der Waals surface area contributed by atoms with E-state index in [0.717, 1.165) is 11.3 Å². The van der Waals surface area contributed by atoms with Crippen LogP contribution in [-0.2, 0) is 10.0 Å². The molecule has 0 spiro atoms. The van der Waals surface area contributed by atoms with Crippen LogP contribution in [0.15, 0.2) is 77.7 Å². The zero-order valence-electron chi connectivity index (χ0n) is 16.5. The summed E-state index contributed by atoms with van der Waals surface area (Å²) in [5.41, 5.74) is 4.43. The molecule has 0 aliphatic rings. The summed E-state index contributed by atoms with van der Waals surface area (Å²) in [5.74, 6) is 0. The fraction of sp³-hybridized carbons (Fsp3) is 0.136. The normalized spacial score (nSPS) is 11.0. The van der Waals surface area contributed by atoms with Crippen LogP contribution >= 0.6 is 12.2 Å². The van der Waals surface area contributed by atoms with Gasteiger partial charge in [-0.05, 0) is 79.7 Å². The fourth-order valence-corrected chi connectivity index (χ4v) is 4.26. The Kier molecular flexibility index (Phi) is 6.20. The number of sulfonamides is 1. The Morgan fingerprint density at radius 3 is 2.14 bits per heavy atom. The van der Waals surface area contributed by atoms with E-state index in [9.17, 15) is 8.42 Å².